The first-order valence-electron chi connectivity index (χ1n) is 6.50. The number of benzene rings is 1. The van der Waals surface area contributed by atoms with Crippen LogP contribution in [0.25, 0.3) is 11.4 Å². The lowest BCUT2D eigenvalue weighted by atomic mass is 10.2. The second-order valence-corrected chi connectivity index (χ2v) is 4.87. The van der Waals surface area contributed by atoms with Crippen molar-refractivity contribution in [1.82, 2.24) is 9.97 Å². The van der Waals surface area contributed by atoms with E-state index in [9.17, 15) is 14.9 Å². The maximum Gasteiger partial charge on any atom is 0.341 e. The van der Waals surface area contributed by atoms with Crippen LogP contribution in [0, 0.1) is 10.1 Å². The summed E-state index contributed by atoms with van der Waals surface area (Å²) in [5, 5.41) is 22.9. The van der Waals surface area contributed by atoms with Crippen LogP contribution < -0.4 is 5.32 Å². The zero-order valence-electron chi connectivity index (χ0n) is 12.0. The average molecular weight is 302 g/mol. The van der Waals surface area contributed by atoms with Gasteiger partial charge in [0.05, 0.1) is 4.92 Å². The topological polar surface area (TPSA) is 118 Å². The number of nitro benzene ring substituents is 1. The van der Waals surface area contributed by atoms with Gasteiger partial charge in [-0.05, 0) is 13.8 Å². The van der Waals surface area contributed by atoms with Gasteiger partial charge in [0.25, 0.3) is 5.69 Å². The standard InChI is InChI=1S/C14H14N4O4/c1-8(2)16-13-11(14(19)20)7-15-12(17-13)9-4-3-5-10(6-9)18(21)22/h3-8H,1-2H3,(H,19,20)(H,15,16,17). The lowest BCUT2D eigenvalue weighted by molar-refractivity contribution is -0.384. The Bertz CT molecular complexity index is 731. The molecule has 0 aliphatic heterocycles. The van der Waals surface area contributed by atoms with Gasteiger partial charge in [0.2, 0.25) is 0 Å². The molecule has 0 fully saturated rings. The molecule has 2 rings (SSSR count). The van der Waals surface area contributed by atoms with Crippen molar-refractivity contribution in [2.45, 2.75) is 19.9 Å². The molecule has 0 saturated heterocycles. The van der Waals surface area contributed by atoms with Crippen LogP contribution >= 0.6 is 0 Å². The predicted molar refractivity (Wildman–Crippen MR) is 79.8 cm³/mol. The number of rotatable bonds is 5. The minimum absolute atomic E-state index is 0.0223. The Labute approximate surface area is 126 Å². The monoisotopic (exact) mass is 302 g/mol. The number of nitro groups is 1. The summed E-state index contributed by atoms with van der Waals surface area (Å²) in [5.74, 6) is -0.746. The summed E-state index contributed by atoms with van der Waals surface area (Å²) in [7, 11) is 0. The predicted octanol–water partition coefficient (Wildman–Crippen LogP) is 2.57. The van der Waals surface area contributed by atoms with Crippen LogP contribution in [0.5, 0.6) is 0 Å². The molecule has 2 aromatic rings. The van der Waals surface area contributed by atoms with E-state index in [1.54, 1.807) is 6.07 Å². The zero-order valence-corrected chi connectivity index (χ0v) is 12.0. The molecule has 8 heteroatoms. The van der Waals surface area contributed by atoms with E-state index < -0.39 is 10.9 Å². The van der Waals surface area contributed by atoms with Crippen molar-refractivity contribution in [2.24, 2.45) is 0 Å². The largest absolute Gasteiger partial charge is 0.477 e. The number of carbonyl (C=O) groups is 1. The van der Waals surface area contributed by atoms with E-state index in [1.807, 2.05) is 13.8 Å². The van der Waals surface area contributed by atoms with Gasteiger partial charge < -0.3 is 10.4 Å². The quantitative estimate of drug-likeness (QED) is 0.643. The SMILES string of the molecule is CC(C)Nc1nc(-c2cccc([N+](=O)[O-])c2)ncc1C(=O)O. The second-order valence-electron chi connectivity index (χ2n) is 4.87. The number of nitrogens with one attached hydrogen (secondary N) is 1. The van der Waals surface area contributed by atoms with Gasteiger partial charge in [0, 0.05) is 29.9 Å². The fourth-order valence-corrected chi connectivity index (χ4v) is 1.82. The molecular formula is C14H14N4O4. The summed E-state index contributed by atoms with van der Waals surface area (Å²) >= 11 is 0. The first-order chi connectivity index (χ1) is 10.4. The fraction of sp³-hybridized carbons (Fsp3) is 0.214. The summed E-state index contributed by atoms with van der Waals surface area (Å²) in [6.45, 7) is 3.70. The van der Waals surface area contributed by atoms with E-state index in [4.69, 9.17) is 5.11 Å². The lowest BCUT2D eigenvalue weighted by Gasteiger charge is -2.12. The minimum Gasteiger partial charge on any atom is -0.477 e. The maximum atomic E-state index is 11.2. The molecule has 0 radical (unpaired) electrons. The molecule has 1 aromatic carbocycles. The van der Waals surface area contributed by atoms with Gasteiger partial charge in [-0.3, -0.25) is 10.1 Å². The molecular weight excluding hydrogens is 288 g/mol. The summed E-state index contributed by atoms with van der Waals surface area (Å²) < 4.78 is 0. The Hall–Kier alpha value is -3.03. The Kier molecular flexibility index (Phi) is 4.31. The van der Waals surface area contributed by atoms with Crippen LogP contribution in [-0.2, 0) is 0 Å². The van der Waals surface area contributed by atoms with Crippen LogP contribution in [0.3, 0.4) is 0 Å². The summed E-state index contributed by atoms with van der Waals surface area (Å²) in [4.78, 5) is 29.7. The molecule has 0 spiro atoms. The van der Waals surface area contributed by atoms with E-state index in [0.717, 1.165) is 0 Å². The van der Waals surface area contributed by atoms with Crippen LogP contribution in [0.2, 0.25) is 0 Å². The number of non-ortho nitro benzene ring substituents is 1. The number of hydrogen-bond donors (Lipinski definition) is 2. The summed E-state index contributed by atoms with van der Waals surface area (Å²) in [5.41, 5.74) is 0.308. The van der Waals surface area contributed by atoms with Crippen LogP contribution in [0.4, 0.5) is 11.5 Å². The number of anilines is 1. The molecule has 0 aliphatic carbocycles. The third kappa shape index (κ3) is 3.35. The summed E-state index contributed by atoms with van der Waals surface area (Å²) in [6.07, 6.45) is 1.19. The first kappa shape index (κ1) is 15.4. The minimum atomic E-state index is -1.14. The number of carboxylic acid groups (broad SMARTS) is 1. The van der Waals surface area contributed by atoms with Gasteiger partial charge in [-0.15, -0.1) is 0 Å². The Morgan fingerprint density at radius 1 is 1.41 bits per heavy atom. The summed E-state index contributed by atoms with van der Waals surface area (Å²) in [6, 6.07) is 5.84. The highest BCUT2D eigenvalue weighted by Gasteiger charge is 2.16. The molecule has 2 N–H and O–H groups in total. The normalized spacial score (nSPS) is 10.5. The van der Waals surface area contributed by atoms with Crippen molar-refractivity contribution in [3.63, 3.8) is 0 Å². The smallest absolute Gasteiger partial charge is 0.341 e. The molecule has 1 heterocycles. The highest BCUT2D eigenvalue weighted by atomic mass is 16.6. The van der Waals surface area contributed by atoms with Crippen LogP contribution in [-0.4, -0.2) is 32.0 Å². The lowest BCUT2D eigenvalue weighted by Crippen LogP contribution is -2.16. The molecule has 0 unspecified atom stereocenters. The van der Waals surface area contributed by atoms with Gasteiger partial charge in [-0.25, -0.2) is 14.8 Å². The maximum absolute atomic E-state index is 11.2. The van der Waals surface area contributed by atoms with Crippen molar-refractivity contribution in [2.75, 3.05) is 5.32 Å². The molecule has 1 aromatic heterocycles. The molecule has 0 aliphatic rings. The second kappa shape index (κ2) is 6.17. The van der Waals surface area contributed by atoms with Crippen molar-refractivity contribution in [3.8, 4) is 11.4 Å². The van der Waals surface area contributed by atoms with Gasteiger partial charge in [0.15, 0.2) is 5.82 Å². The Morgan fingerprint density at radius 2 is 2.14 bits per heavy atom. The highest BCUT2D eigenvalue weighted by molar-refractivity contribution is 5.93. The number of hydrogen-bond acceptors (Lipinski definition) is 6. The number of aromatic nitrogens is 2. The number of aromatic carboxylic acids is 1. The first-order valence-corrected chi connectivity index (χ1v) is 6.50. The molecule has 0 amide bonds. The molecule has 8 nitrogen and oxygen atoms in total. The number of carboxylic acids is 1. The van der Waals surface area contributed by atoms with Crippen molar-refractivity contribution in [3.05, 3.63) is 46.1 Å². The molecule has 0 saturated carbocycles. The van der Waals surface area contributed by atoms with Gasteiger partial charge in [-0.1, -0.05) is 12.1 Å². The third-order valence-electron chi connectivity index (χ3n) is 2.76. The van der Waals surface area contributed by atoms with E-state index >= 15 is 0 Å². The fourth-order valence-electron chi connectivity index (χ4n) is 1.82. The van der Waals surface area contributed by atoms with Crippen LogP contribution in [0.15, 0.2) is 30.5 Å². The molecule has 22 heavy (non-hydrogen) atoms. The van der Waals surface area contributed by atoms with E-state index in [1.165, 1.54) is 24.4 Å². The third-order valence-corrected chi connectivity index (χ3v) is 2.76. The Morgan fingerprint density at radius 3 is 2.73 bits per heavy atom. The molecule has 0 atom stereocenters. The van der Waals surface area contributed by atoms with Crippen LogP contribution in [0.1, 0.15) is 24.2 Å². The van der Waals surface area contributed by atoms with Gasteiger partial charge >= 0.3 is 5.97 Å². The van der Waals surface area contributed by atoms with E-state index in [-0.39, 0.29) is 28.9 Å². The highest BCUT2D eigenvalue weighted by Crippen LogP contribution is 2.23. The van der Waals surface area contributed by atoms with Crippen molar-refractivity contribution < 1.29 is 14.8 Å². The van der Waals surface area contributed by atoms with E-state index in [0.29, 0.717) is 5.56 Å². The zero-order chi connectivity index (χ0) is 16.3. The van der Waals surface area contributed by atoms with Crippen molar-refractivity contribution in [1.29, 1.82) is 0 Å². The van der Waals surface area contributed by atoms with Gasteiger partial charge in [-0.2, -0.15) is 0 Å². The molecule has 0 bridgehead atoms. The van der Waals surface area contributed by atoms with Crippen molar-refractivity contribution >= 4 is 17.5 Å². The Balaban J connectivity index is 2.50. The average Bonchev–Trinajstić information content (AvgIpc) is 2.46. The molecule has 114 valence electrons. The van der Waals surface area contributed by atoms with Gasteiger partial charge in [0.1, 0.15) is 11.4 Å². The van der Waals surface area contributed by atoms with E-state index in [2.05, 4.69) is 15.3 Å². The number of nitrogens with zero attached hydrogens (tertiary/aromatic N) is 3.